The van der Waals surface area contributed by atoms with E-state index in [1.807, 2.05) is 13.8 Å². The van der Waals surface area contributed by atoms with Crippen molar-refractivity contribution in [1.82, 2.24) is 9.97 Å². The summed E-state index contributed by atoms with van der Waals surface area (Å²) in [6, 6.07) is 6.99. The molecule has 0 aliphatic rings. The van der Waals surface area contributed by atoms with Crippen molar-refractivity contribution in [1.29, 1.82) is 0 Å². The fraction of sp³-hybridized carbons (Fsp3) is 0.167. The van der Waals surface area contributed by atoms with Crippen molar-refractivity contribution in [3.8, 4) is 0 Å². The van der Waals surface area contributed by atoms with Crippen LogP contribution in [0.15, 0.2) is 24.3 Å². The van der Waals surface area contributed by atoms with Gasteiger partial charge >= 0.3 is 0 Å². The molecule has 2 N–H and O–H groups in total. The Labute approximate surface area is 104 Å². The largest absolute Gasteiger partial charge is 0.346 e. The maximum atomic E-state index is 11.9. The Bertz CT molecular complexity index is 563. The maximum Gasteiger partial charge on any atom is 0.276 e. The lowest BCUT2D eigenvalue weighted by Crippen LogP contribution is -2.13. The second kappa shape index (κ2) is 4.59. The zero-order valence-corrected chi connectivity index (χ0v) is 10.3. The van der Waals surface area contributed by atoms with Crippen molar-refractivity contribution in [3.63, 3.8) is 0 Å². The third-order valence-corrected chi connectivity index (χ3v) is 2.54. The quantitative estimate of drug-likeness (QED) is 0.860. The molecule has 1 aromatic heterocycles. The SMILES string of the molecule is Cc1nc(C(=O)Nc2cccc(Cl)c2)c(C)[nH]1. The second-order valence-electron chi connectivity index (χ2n) is 3.76. The number of halogens is 1. The van der Waals surface area contributed by atoms with Crippen LogP contribution in [0.25, 0.3) is 0 Å². The van der Waals surface area contributed by atoms with Gasteiger partial charge in [-0.3, -0.25) is 4.79 Å². The van der Waals surface area contributed by atoms with Crippen molar-refractivity contribution < 1.29 is 4.79 Å². The molecule has 0 fully saturated rings. The van der Waals surface area contributed by atoms with Crippen molar-refractivity contribution in [2.75, 3.05) is 5.32 Å². The summed E-state index contributed by atoms with van der Waals surface area (Å²) in [7, 11) is 0. The minimum atomic E-state index is -0.242. The Hall–Kier alpha value is -1.81. The highest BCUT2D eigenvalue weighted by molar-refractivity contribution is 6.30. The number of anilines is 1. The summed E-state index contributed by atoms with van der Waals surface area (Å²) in [6.45, 7) is 3.62. The number of hydrogen-bond acceptors (Lipinski definition) is 2. The fourth-order valence-corrected chi connectivity index (χ4v) is 1.78. The van der Waals surface area contributed by atoms with E-state index in [0.717, 1.165) is 11.5 Å². The van der Waals surface area contributed by atoms with Gasteiger partial charge in [-0.25, -0.2) is 4.98 Å². The molecule has 0 aliphatic heterocycles. The summed E-state index contributed by atoms with van der Waals surface area (Å²) in [6.07, 6.45) is 0. The van der Waals surface area contributed by atoms with Crippen LogP contribution in [0.4, 0.5) is 5.69 Å². The molecule has 0 atom stereocenters. The number of carbonyl (C=O) groups excluding carboxylic acids is 1. The molecule has 0 unspecified atom stereocenters. The topological polar surface area (TPSA) is 57.8 Å². The van der Waals surface area contributed by atoms with Gasteiger partial charge in [0.15, 0.2) is 0 Å². The number of nitrogens with one attached hydrogen (secondary N) is 2. The summed E-state index contributed by atoms with van der Waals surface area (Å²) in [4.78, 5) is 19.0. The number of aromatic nitrogens is 2. The second-order valence-corrected chi connectivity index (χ2v) is 4.20. The van der Waals surface area contributed by atoms with E-state index in [9.17, 15) is 4.79 Å². The van der Waals surface area contributed by atoms with E-state index in [2.05, 4.69) is 15.3 Å². The molecule has 0 radical (unpaired) electrons. The summed E-state index contributed by atoms with van der Waals surface area (Å²) < 4.78 is 0. The highest BCUT2D eigenvalue weighted by Crippen LogP contribution is 2.16. The third-order valence-electron chi connectivity index (χ3n) is 2.30. The molecule has 2 aromatic rings. The van der Waals surface area contributed by atoms with Crippen LogP contribution in [0.2, 0.25) is 5.02 Å². The number of benzene rings is 1. The van der Waals surface area contributed by atoms with E-state index >= 15 is 0 Å². The summed E-state index contributed by atoms with van der Waals surface area (Å²) >= 11 is 5.84. The van der Waals surface area contributed by atoms with Gasteiger partial charge in [-0.2, -0.15) is 0 Å². The van der Waals surface area contributed by atoms with Crippen LogP contribution in [-0.4, -0.2) is 15.9 Å². The minimum absolute atomic E-state index is 0.242. The summed E-state index contributed by atoms with van der Waals surface area (Å²) in [5.41, 5.74) is 1.81. The molecule has 1 amide bonds. The van der Waals surface area contributed by atoms with Crippen LogP contribution in [0.1, 0.15) is 22.0 Å². The molecule has 1 aromatic carbocycles. The number of H-pyrrole nitrogens is 1. The lowest BCUT2D eigenvalue weighted by Gasteiger charge is -2.03. The Morgan fingerprint density at radius 2 is 2.18 bits per heavy atom. The van der Waals surface area contributed by atoms with Crippen molar-refractivity contribution in [2.24, 2.45) is 0 Å². The summed E-state index contributed by atoms with van der Waals surface area (Å²) in [5, 5.41) is 3.33. The van der Waals surface area contributed by atoms with E-state index in [0.29, 0.717) is 16.4 Å². The lowest BCUT2D eigenvalue weighted by molar-refractivity contribution is 0.102. The van der Waals surface area contributed by atoms with E-state index in [1.165, 1.54) is 0 Å². The van der Waals surface area contributed by atoms with E-state index in [1.54, 1.807) is 24.3 Å². The monoisotopic (exact) mass is 249 g/mol. The van der Waals surface area contributed by atoms with Crippen LogP contribution in [-0.2, 0) is 0 Å². The van der Waals surface area contributed by atoms with Crippen LogP contribution in [0, 0.1) is 13.8 Å². The minimum Gasteiger partial charge on any atom is -0.346 e. The predicted octanol–water partition coefficient (Wildman–Crippen LogP) is 2.93. The van der Waals surface area contributed by atoms with Crippen LogP contribution >= 0.6 is 11.6 Å². The van der Waals surface area contributed by atoms with Crippen LogP contribution in [0.5, 0.6) is 0 Å². The van der Waals surface area contributed by atoms with Gasteiger partial charge in [0.05, 0.1) is 0 Å². The number of amides is 1. The first-order valence-electron chi connectivity index (χ1n) is 5.16. The van der Waals surface area contributed by atoms with Crippen molar-refractivity contribution >= 4 is 23.2 Å². The average molecular weight is 250 g/mol. The molecule has 88 valence electrons. The van der Waals surface area contributed by atoms with Gasteiger partial charge in [0.1, 0.15) is 11.5 Å². The number of carbonyl (C=O) groups is 1. The Morgan fingerprint density at radius 3 is 2.76 bits per heavy atom. The molecular weight excluding hydrogens is 238 g/mol. The Morgan fingerprint density at radius 1 is 1.41 bits per heavy atom. The van der Waals surface area contributed by atoms with E-state index in [4.69, 9.17) is 11.6 Å². The third kappa shape index (κ3) is 2.65. The molecule has 5 heteroatoms. The molecule has 0 saturated carbocycles. The van der Waals surface area contributed by atoms with Crippen LogP contribution in [0.3, 0.4) is 0 Å². The number of hydrogen-bond donors (Lipinski definition) is 2. The van der Waals surface area contributed by atoms with Crippen molar-refractivity contribution in [3.05, 3.63) is 46.5 Å². The first-order valence-corrected chi connectivity index (χ1v) is 5.54. The van der Waals surface area contributed by atoms with Crippen LogP contribution < -0.4 is 5.32 Å². The number of imidazole rings is 1. The van der Waals surface area contributed by atoms with Gasteiger partial charge in [0.2, 0.25) is 0 Å². The summed E-state index contributed by atoms with van der Waals surface area (Å²) in [5.74, 6) is 0.480. The lowest BCUT2D eigenvalue weighted by atomic mass is 10.3. The standard InChI is InChI=1S/C12H12ClN3O/c1-7-11(15-8(2)14-7)12(17)16-10-5-3-4-9(13)6-10/h3-6H,1-2H3,(H,14,15)(H,16,17). The van der Waals surface area contributed by atoms with Gasteiger partial charge in [0.25, 0.3) is 5.91 Å². The molecule has 0 bridgehead atoms. The van der Waals surface area contributed by atoms with Gasteiger partial charge in [-0.15, -0.1) is 0 Å². The highest BCUT2D eigenvalue weighted by atomic mass is 35.5. The van der Waals surface area contributed by atoms with Gasteiger partial charge in [0, 0.05) is 16.4 Å². The molecule has 1 heterocycles. The first-order chi connectivity index (χ1) is 8.06. The molecular formula is C12H12ClN3O. The van der Waals surface area contributed by atoms with Gasteiger partial charge in [-0.05, 0) is 32.0 Å². The van der Waals surface area contributed by atoms with Gasteiger partial charge < -0.3 is 10.3 Å². The number of nitrogens with zero attached hydrogens (tertiary/aromatic N) is 1. The zero-order chi connectivity index (χ0) is 12.4. The van der Waals surface area contributed by atoms with E-state index in [-0.39, 0.29) is 5.91 Å². The predicted molar refractivity (Wildman–Crippen MR) is 67.5 cm³/mol. The fourth-order valence-electron chi connectivity index (χ4n) is 1.59. The number of aromatic amines is 1. The first kappa shape index (κ1) is 11.7. The van der Waals surface area contributed by atoms with Crippen molar-refractivity contribution in [2.45, 2.75) is 13.8 Å². The average Bonchev–Trinajstić information content (AvgIpc) is 2.58. The molecule has 0 spiro atoms. The number of aryl methyl sites for hydroxylation is 2. The molecule has 0 aliphatic carbocycles. The smallest absolute Gasteiger partial charge is 0.276 e. The number of rotatable bonds is 2. The maximum absolute atomic E-state index is 11.9. The molecule has 17 heavy (non-hydrogen) atoms. The Kier molecular flexibility index (Phi) is 3.15. The zero-order valence-electron chi connectivity index (χ0n) is 9.54. The molecule has 2 rings (SSSR count). The Balaban J connectivity index is 2.20. The van der Waals surface area contributed by atoms with Gasteiger partial charge in [-0.1, -0.05) is 17.7 Å². The van der Waals surface area contributed by atoms with E-state index < -0.39 is 0 Å². The normalized spacial score (nSPS) is 10.3. The highest BCUT2D eigenvalue weighted by Gasteiger charge is 2.13. The molecule has 4 nitrogen and oxygen atoms in total. The molecule has 0 saturated heterocycles.